The average molecular weight is 266 g/mol. The molecule has 20 heavy (non-hydrogen) atoms. The second kappa shape index (κ2) is 5.58. The molecule has 0 saturated heterocycles. The Morgan fingerprint density at radius 1 is 1.10 bits per heavy atom. The quantitative estimate of drug-likeness (QED) is 0.904. The molecule has 2 nitrogen and oxygen atoms in total. The van der Waals surface area contributed by atoms with Gasteiger partial charge >= 0.3 is 0 Å². The molecule has 0 aromatic heterocycles. The number of rotatable bonds is 4. The van der Waals surface area contributed by atoms with Gasteiger partial charge in [-0.15, -0.1) is 0 Å². The highest BCUT2D eigenvalue weighted by Gasteiger charge is 2.24. The van der Waals surface area contributed by atoms with Gasteiger partial charge < -0.3 is 10.2 Å². The molecule has 1 heterocycles. The van der Waals surface area contributed by atoms with Crippen molar-refractivity contribution in [3.05, 3.63) is 59.7 Å². The number of fused-ring (bicyclic) bond motifs is 1. The molecule has 1 aliphatic rings. The maximum absolute atomic E-state index is 3.51. The van der Waals surface area contributed by atoms with E-state index in [0.29, 0.717) is 6.04 Å². The molecule has 0 spiro atoms. The monoisotopic (exact) mass is 266 g/mol. The molecule has 0 saturated carbocycles. The summed E-state index contributed by atoms with van der Waals surface area (Å²) in [6.45, 7) is 6.45. The second-order valence-corrected chi connectivity index (χ2v) is 5.67. The van der Waals surface area contributed by atoms with Crippen LogP contribution in [-0.4, -0.2) is 19.1 Å². The molecule has 2 heteroatoms. The van der Waals surface area contributed by atoms with E-state index >= 15 is 0 Å². The standard InChI is InChI=1S/C18H22N2/c1-14-7-9-17(10-8-14)19-11-12-20-15(2)13-16-5-3-4-6-18(16)20/h3-10,15,19H,11-13H2,1-2H3. The van der Waals surface area contributed by atoms with Gasteiger partial charge in [-0.3, -0.25) is 0 Å². The van der Waals surface area contributed by atoms with Crippen molar-refractivity contribution in [1.82, 2.24) is 0 Å². The molecular formula is C18H22N2. The first-order valence-corrected chi connectivity index (χ1v) is 7.39. The first-order valence-electron chi connectivity index (χ1n) is 7.39. The van der Waals surface area contributed by atoms with Crippen molar-refractivity contribution in [2.24, 2.45) is 0 Å². The Hall–Kier alpha value is -1.96. The van der Waals surface area contributed by atoms with Gasteiger partial charge in [-0.2, -0.15) is 0 Å². The Morgan fingerprint density at radius 3 is 2.65 bits per heavy atom. The number of aryl methyl sites for hydroxylation is 1. The molecule has 0 aliphatic carbocycles. The van der Waals surface area contributed by atoms with Crippen LogP contribution in [-0.2, 0) is 6.42 Å². The third-order valence-electron chi connectivity index (χ3n) is 4.08. The van der Waals surface area contributed by atoms with E-state index in [1.54, 1.807) is 0 Å². The van der Waals surface area contributed by atoms with Crippen molar-refractivity contribution in [1.29, 1.82) is 0 Å². The van der Waals surface area contributed by atoms with Gasteiger partial charge in [0, 0.05) is 30.5 Å². The molecule has 104 valence electrons. The van der Waals surface area contributed by atoms with Crippen LogP contribution in [0.15, 0.2) is 48.5 Å². The maximum atomic E-state index is 3.51. The molecule has 0 amide bonds. The van der Waals surface area contributed by atoms with Gasteiger partial charge in [-0.05, 0) is 44.0 Å². The number of hydrogen-bond acceptors (Lipinski definition) is 2. The van der Waals surface area contributed by atoms with E-state index in [2.05, 4.69) is 72.6 Å². The van der Waals surface area contributed by atoms with Gasteiger partial charge in [0.05, 0.1) is 0 Å². The summed E-state index contributed by atoms with van der Waals surface area (Å²) >= 11 is 0. The number of nitrogens with zero attached hydrogens (tertiary/aromatic N) is 1. The Morgan fingerprint density at radius 2 is 1.85 bits per heavy atom. The lowest BCUT2D eigenvalue weighted by Gasteiger charge is -2.25. The van der Waals surface area contributed by atoms with Gasteiger partial charge in [-0.1, -0.05) is 35.9 Å². The molecule has 2 aromatic rings. The van der Waals surface area contributed by atoms with E-state index in [1.807, 2.05) is 0 Å². The molecule has 0 bridgehead atoms. The van der Waals surface area contributed by atoms with Crippen molar-refractivity contribution in [2.75, 3.05) is 23.3 Å². The summed E-state index contributed by atoms with van der Waals surface area (Å²) < 4.78 is 0. The normalized spacial score (nSPS) is 17.1. The van der Waals surface area contributed by atoms with Crippen LogP contribution in [0.1, 0.15) is 18.1 Å². The van der Waals surface area contributed by atoms with Crippen molar-refractivity contribution >= 4 is 11.4 Å². The van der Waals surface area contributed by atoms with Gasteiger partial charge in [0.25, 0.3) is 0 Å². The van der Waals surface area contributed by atoms with Gasteiger partial charge in [0.1, 0.15) is 0 Å². The summed E-state index contributed by atoms with van der Waals surface area (Å²) in [6.07, 6.45) is 1.17. The predicted octanol–water partition coefficient (Wildman–Crippen LogP) is 3.86. The summed E-state index contributed by atoms with van der Waals surface area (Å²) in [5.74, 6) is 0. The number of para-hydroxylation sites is 1. The van der Waals surface area contributed by atoms with Gasteiger partial charge in [0.15, 0.2) is 0 Å². The fraction of sp³-hybridized carbons (Fsp3) is 0.333. The zero-order valence-electron chi connectivity index (χ0n) is 12.3. The van der Waals surface area contributed by atoms with Crippen molar-refractivity contribution in [2.45, 2.75) is 26.3 Å². The Bertz CT molecular complexity index is 574. The molecule has 3 rings (SSSR count). The van der Waals surface area contributed by atoms with Crippen LogP contribution in [0, 0.1) is 6.92 Å². The van der Waals surface area contributed by atoms with Gasteiger partial charge in [0.2, 0.25) is 0 Å². The summed E-state index contributed by atoms with van der Waals surface area (Å²) in [5.41, 5.74) is 5.40. The molecule has 0 fully saturated rings. The molecule has 2 aromatic carbocycles. The van der Waals surface area contributed by atoms with Crippen molar-refractivity contribution in [3.63, 3.8) is 0 Å². The maximum Gasteiger partial charge on any atom is 0.0402 e. The highest BCUT2D eigenvalue weighted by atomic mass is 15.2. The minimum Gasteiger partial charge on any atom is -0.383 e. The lowest BCUT2D eigenvalue weighted by molar-refractivity contribution is 0.681. The average Bonchev–Trinajstić information content (AvgIpc) is 2.77. The Kier molecular flexibility index (Phi) is 3.64. The molecule has 1 N–H and O–H groups in total. The van der Waals surface area contributed by atoms with E-state index in [0.717, 1.165) is 13.1 Å². The summed E-state index contributed by atoms with van der Waals surface area (Å²) in [5, 5.41) is 3.51. The Balaban J connectivity index is 1.60. The second-order valence-electron chi connectivity index (χ2n) is 5.67. The lowest BCUT2D eigenvalue weighted by Crippen LogP contribution is -2.33. The predicted molar refractivity (Wildman–Crippen MR) is 86.6 cm³/mol. The van der Waals surface area contributed by atoms with Crippen LogP contribution < -0.4 is 10.2 Å². The number of benzene rings is 2. The van der Waals surface area contributed by atoms with E-state index in [-0.39, 0.29) is 0 Å². The first kappa shape index (κ1) is 13.0. The summed E-state index contributed by atoms with van der Waals surface area (Å²) in [7, 11) is 0. The van der Waals surface area contributed by atoms with Crippen LogP contribution in [0.25, 0.3) is 0 Å². The first-order chi connectivity index (χ1) is 9.74. The third kappa shape index (κ3) is 2.64. The van der Waals surface area contributed by atoms with Gasteiger partial charge in [-0.25, -0.2) is 0 Å². The van der Waals surface area contributed by atoms with Crippen LogP contribution in [0.2, 0.25) is 0 Å². The minimum absolute atomic E-state index is 0.604. The van der Waals surface area contributed by atoms with Crippen LogP contribution in [0.4, 0.5) is 11.4 Å². The van der Waals surface area contributed by atoms with Crippen LogP contribution in [0.3, 0.4) is 0 Å². The van der Waals surface area contributed by atoms with Crippen molar-refractivity contribution < 1.29 is 0 Å². The highest BCUT2D eigenvalue weighted by molar-refractivity contribution is 5.59. The van der Waals surface area contributed by atoms with E-state index < -0.39 is 0 Å². The molecule has 1 atom stereocenters. The molecule has 0 radical (unpaired) electrons. The van der Waals surface area contributed by atoms with Crippen molar-refractivity contribution in [3.8, 4) is 0 Å². The number of hydrogen-bond donors (Lipinski definition) is 1. The zero-order valence-corrected chi connectivity index (χ0v) is 12.3. The van der Waals surface area contributed by atoms with Crippen LogP contribution >= 0.6 is 0 Å². The fourth-order valence-corrected chi connectivity index (χ4v) is 2.96. The fourth-order valence-electron chi connectivity index (χ4n) is 2.96. The SMILES string of the molecule is Cc1ccc(NCCN2c3ccccc3CC2C)cc1. The summed E-state index contributed by atoms with van der Waals surface area (Å²) in [4.78, 5) is 2.51. The smallest absolute Gasteiger partial charge is 0.0402 e. The third-order valence-corrected chi connectivity index (χ3v) is 4.08. The molecule has 1 unspecified atom stereocenters. The largest absolute Gasteiger partial charge is 0.383 e. The zero-order chi connectivity index (χ0) is 13.9. The summed E-state index contributed by atoms with van der Waals surface area (Å²) in [6, 6.07) is 18.0. The minimum atomic E-state index is 0.604. The van der Waals surface area contributed by atoms with E-state index in [4.69, 9.17) is 0 Å². The number of anilines is 2. The Labute approximate surface area is 121 Å². The molecular weight excluding hydrogens is 244 g/mol. The van der Waals surface area contributed by atoms with E-state index in [1.165, 1.54) is 28.9 Å². The molecule has 1 aliphatic heterocycles. The highest BCUT2D eigenvalue weighted by Crippen LogP contribution is 2.31. The topological polar surface area (TPSA) is 15.3 Å². The number of nitrogens with one attached hydrogen (secondary N) is 1. The van der Waals surface area contributed by atoms with Crippen LogP contribution in [0.5, 0.6) is 0 Å². The van der Waals surface area contributed by atoms with E-state index in [9.17, 15) is 0 Å². The lowest BCUT2D eigenvalue weighted by atomic mass is 10.1.